The lowest BCUT2D eigenvalue weighted by atomic mass is 9.84. The van der Waals surface area contributed by atoms with Gasteiger partial charge in [0.15, 0.2) is 0 Å². The molecule has 0 saturated heterocycles. The lowest BCUT2D eigenvalue weighted by Gasteiger charge is -2.28. The molecule has 2 atom stereocenters. The summed E-state index contributed by atoms with van der Waals surface area (Å²) >= 11 is 0. The molecule has 1 rings (SSSR count). The van der Waals surface area contributed by atoms with Crippen LogP contribution in [0.15, 0.2) is 0 Å². The summed E-state index contributed by atoms with van der Waals surface area (Å²) in [5, 5.41) is 11.6. The van der Waals surface area contributed by atoms with Gasteiger partial charge < -0.3 is 16.2 Å². The maximum Gasteiger partial charge on any atom is 0.326 e. The Balaban J connectivity index is 2.59. The van der Waals surface area contributed by atoms with Crippen molar-refractivity contribution >= 4 is 11.9 Å². The van der Waals surface area contributed by atoms with Crippen LogP contribution in [-0.4, -0.2) is 29.1 Å². The zero-order chi connectivity index (χ0) is 12.1. The molecule has 0 aromatic heterocycles. The zero-order valence-corrected chi connectivity index (χ0v) is 9.61. The van der Waals surface area contributed by atoms with E-state index in [1.54, 1.807) is 6.92 Å². The van der Waals surface area contributed by atoms with Crippen LogP contribution in [0.4, 0.5) is 0 Å². The predicted molar refractivity (Wildman–Crippen MR) is 59.8 cm³/mol. The highest BCUT2D eigenvalue weighted by atomic mass is 16.4. The minimum absolute atomic E-state index is 0.0500. The van der Waals surface area contributed by atoms with Crippen LogP contribution in [0.5, 0.6) is 0 Å². The number of amides is 1. The van der Waals surface area contributed by atoms with Gasteiger partial charge in [-0.15, -0.1) is 0 Å². The summed E-state index contributed by atoms with van der Waals surface area (Å²) in [5.74, 6) is -1.30. The van der Waals surface area contributed by atoms with Crippen LogP contribution >= 0.6 is 0 Å². The molecule has 0 aliphatic heterocycles. The molecule has 0 bridgehead atoms. The van der Waals surface area contributed by atoms with Gasteiger partial charge in [0, 0.05) is 0 Å². The number of aliphatic carboxylic acids is 1. The first-order chi connectivity index (χ1) is 7.52. The molecular formula is C11H20N2O3. The van der Waals surface area contributed by atoms with Crippen molar-refractivity contribution in [1.29, 1.82) is 0 Å². The maximum absolute atomic E-state index is 11.4. The minimum Gasteiger partial charge on any atom is -0.480 e. The average molecular weight is 228 g/mol. The number of carbonyl (C=O) groups is 2. The van der Waals surface area contributed by atoms with Gasteiger partial charge in [0.2, 0.25) is 5.91 Å². The molecule has 0 spiro atoms. The fraction of sp³-hybridized carbons (Fsp3) is 0.818. The predicted octanol–water partition coefficient (Wildman–Crippen LogP) is 0.483. The van der Waals surface area contributed by atoms with Crippen molar-refractivity contribution in [3.8, 4) is 0 Å². The smallest absolute Gasteiger partial charge is 0.326 e. The number of carboxylic acid groups (broad SMARTS) is 1. The first-order valence-corrected chi connectivity index (χ1v) is 5.81. The molecule has 4 N–H and O–H groups in total. The number of carbonyl (C=O) groups excluding carboxylic acids is 1. The molecule has 92 valence electrons. The Morgan fingerprint density at radius 2 is 1.88 bits per heavy atom. The van der Waals surface area contributed by atoms with Gasteiger partial charge in [0.25, 0.3) is 0 Å². The highest BCUT2D eigenvalue weighted by Crippen LogP contribution is 2.26. The monoisotopic (exact) mass is 228 g/mol. The van der Waals surface area contributed by atoms with E-state index in [0.29, 0.717) is 0 Å². The van der Waals surface area contributed by atoms with Crippen molar-refractivity contribution in [2.75, 3.05) is 0 Å². The van der Waals surface area contributed by atoms with Gasteiger partial charge in [-0.1, -0.05) is 19.3 Å². The van der Waals surface area contributed by atoms with E-state index in [1.165, 1.54) is 0 Å². The third-order valence-corrected chi connectivity index (χ3v) is 3.10. The second-order valence-electron chi connectivity index (χ2n) is 4.51. The van der Waals surface area contributed by atoms with Crippen LogP contribution in [0.3, 0.4) is 0 Å². The van der Waals surface area contributed by atoms with Crippen molar-refractivity contribution in [3.05, 3.63) is 0 Å². The molecule has 1 amide bonds. The molecule has 0 aromatic rings. The van der Waals surface area contributed by atoms with Crippen molar-refractivity contribution in [3.63, 3.8) is 0 Å². The Hall–Kier alpha value is -1.10. The van der Waals surface area contributed by atoms with Gasteiger partial charge in [-0.05, 0) is 25.7 Å². The van der Waals surface area contributed by atoms with Gasteiger partial charge in [-0.25, -0.2) is 4.79 Å². The molecule has 0 aromatic carbocycles. The van der Waals surface area contributed by atoms with Crippen LogP contribution in [0.1, 0.15) is 39.0 Å². The highest BCUT2D eigenvalue weighted by Gasteiger charge is 2.31. The molecule has 5 heteroatoms. The van der Waals surface area contributed by atoms with Gasteiger partial charge in [-0.2, -0.15) is 0 Å². The van der Waals surface area contributed by atoms with Gasteiger partial charge in [-0.3, -0.25) is 4.79 Å². The summed E-state index contributed by atoms with van der Waals surface area (Å²) in [6.45, 7) is 1.55. The molecule has 1 fully saturated rings. The van der Waals surface area contributed by atoms with Crippen LogP contribution in [-0.2, 0) is 9.59 Å². The van der Waals surface area contributed by atoms with Crippen molar-refractivity contribution < 1.29 is 14.7 Å². The molecule has 1 unspecified atom stereocenters. The second-order valence-corrected chi connectivity index (χ2v) is 4.51. The molecular weight excluding hydrogens is 208 g/mol. The van der Waals surface area contributed by atoms with E-state index in [-0.39, 0.29) is 5.92 Å². The average Bonchev–Trinajstić information content (AvgIpc) is 2.26. The largest absolute Gasteiger partial charge is 0.480 e. The van der Waals surface area contributed by atoms with Crippen molar-refractivity contribution in [1.82, 2.24) is 5.32 Å². The molecule has 1 aliphatic carbocycles. The van der Waals surface area contributed by atoms with Crippen LogP contribution in [0.2, 0.25) is 0 Å². The Labute approximate surface area is 95.4 Å². The third kappa shape index (κ3) is 3.48. The summed E-state index contributed by atoms with van der Waals surface area (Å²) in [4.78, 5) is 22.5. The van der Waals surface area contributed by atoms with Gasteiger partial charge >= 0.3 is 5.97 Å². The van der Waals surface area contributed by atoms with Gasteiger partial charge in [0.05, 0.1) is 6.04 Å². The number of carboxylic acids is 1. The topological polar surface area (TPSA) is 92.4 Å². The van der Waals surface area contributed by atoms with Crippen LogP contribution < -0.4 is 11.1 Å². The standard InChI is InChI=1S/C11H20N2O3/c1-7(12)10(14)13-9(11(15)16)8-5-3-2-4-6-8/h7-9H,2-6,12H2,1H3,(H,13,14)(H,15,16)/t7-,9?/m1/s1. The van der Waals surface area contributed by atoms with Crippen LogP contribution in [0, 0.1) is 5.92 Å². The summed E-state index contributed by atoms with van der Waals surface area (Å²) in [6, 6.07) is -1.44. The van der Waals surface area contributed by atoms with E-state index in [4.69, 9.17) is 10.8 Å². The SMILES string of the molecule is C[C@@H](N)C(=O)NC(C(=O)O)C1CCCCC1. The van der Waals surface area contributed by atoms with E-state index in [2.05, 4.69) is 5.32 Å². The Morgan fingerprint density at radius 3 is 2.31 bits per heavy atom. The normalized spacial score (nSPS) is 21.1. The number of nitrogens with one attached hydrogen (secondary N) is 1. The number of hydrogen-bond donors (Lipinski definition) is 3. The Bertz CT molecular complexity index is 260. The van der Waals surface area contributed by atoms with Crippen molar-refractivity contribution in [2.45, 2.75) is 51.1 Å². The second kappa shape index (κ2) is 5.84. The summed E-state index contributed by atoms with van der Waals surface area (Å²) in [6.07, 6.45) is 4.99. The zero-order valence-electron chi connectivity index (χ0n) is 9.61. The molecule has 5 nitrogen and oxygen atoms in total. The summed E-state index contributed by atoms with van der Waals surface area (Å²) in [7, 11) is 0. The minimum atomic E-state index is -0.957. The molecule has 0 radical (unpaired) electrons. The van der Waals surface area contributed by atoms with Crippen LogP contribution in [0.25, 0.3) is 0 Å². The maximum atomic E-state index is 11.4. The first kappa shape index (κ1) is 13.0. The van der Waals surface area contributed by atoms with Gasteiger partial charge in [0.1, 0.15) is 6.04 Å². The Morgan fingerprint density at radius 1 is 1.31 bits per heavy atom. The lowest BCUT2D eigenvalue weighted by Crippen LogP contribution is -2.51. The van der Waals surface area contributed by atoms with E-state index < -0.39 is 24.0 Å². The number of nitrogens with two attached hydrogens (primary N) is 1. The summed E-state index contributed by atoms with van der Waals surface area (Å²) in [5.41, 5.74) is 5.41. The van der Waals surface area contributed by atoms with Crippen molar-refractivity contribution in [2.24, 2.45) is 11.7 Å². The van der Waals surface area contributed by atoms with E-state index in [9.17, 15) is 9.59 Å². The third-order valence-electron chi connectivity index (χ3n) is 3.10. The molecule has 1 aliphatic rings. The first-order valence-electron chi connectivity index (χ1n) is 5.81. The number of hydrogen-bond acceptors (Lipinski definition) is 3. The van der Waals surface area contributed by atoms with E-state index in [0.717, 1.165) is 32.1 Å². The van der Waals surface area contributed by atoms with E-state index in [1.807, 2.05) is 0 Å². The molecule has 0 heterocycles. The molecule has 1 saturated carbocycles. The van der Waals surface area contributed by atoms with E-state index >= 15 is 0 Å². The fourth-order valence-corrected chi connectivity index (χ4v) is 2.13. The quantitative estimate of drug-likeness (QED) is 0.652. The number of rotatable bonds is 4. The highest BCUT2D eigenvalue weighted by molar-refractivity contribution is 5.86. The molecule has 16 heavy (non-hydrogen) atoms. The summed E-state index contributed by atoms with van der Waals surface area (Å²) < 4.78 is 0. The lowest BCUT2D eigenvalue weighted by molar-refractivity contribution is -0.144. The Kier molecular flexibility index (Phi) is 4.73. The fourth-order valence-electron chi connectivity index (χ4n) is 2.13.